The summed E-state index contributed by atoms with van der Waals surface area (Å²) in [6.07, 6.45) is 6.48. The van der Waals surface area contributed by atoms with Crippen molar-refractivity contribution in [1.82, 2.24) is 4.90 Å². The molecule has 82 valence electrons. The number of hydrogen-bond acceptors (Lipinski definition) is 2. The highest BCUT2D eigenvalue weighted by Crippen LogP contribution is 2.36. The van der Waals surface area contributed by atoms with E-state index in [-0.39, 0.29) is 5.54 Å². The molecule has 2 aliphatic rings. The Balaban J connectivity index is 1.78. The Kier molecular flexibility index (Phi) is 2.61. The van der Waals surface area contributed by atoms with Crippen LogP contribution in [0.1, 0.15) is 46.0 Å². The van der Waals surface area contributed by atoms with Gasteiger partial charge in [-0.2, -0.15) is 0 Å². The van der Waals surface area contributed by atoms with Crippen LogP contribution in [0.2, 0.25) is 0 Å². The third kappa shape index (κ3) is 1.96. The van der Waals surface area contributed by atoms with Crippen molar-refractivity contribution in [3.05, 3.63) is 0 Å². The zero-order chi connectivity index (χ0) is 10.2. The molecule has 0 amide bonds. The van der Waals surface area contributed by atoms with Gasteiger partial charge in [0.05, 0.1) is 0 Å². The summed E-state index contributed by atoms with van der Waals surface area (Å²) in [5.74, 6) is 0. The minimum absolute atomic E-state index is 0.162. The van der Waals surface area contributed by atoms with Crippen molar-refractivity contribution in [2.75, 3.05) is 19.6 Å². The predicted octanol–water partition coefficient (Wildman–Crippen LogP) is 1.99. The number of nitrogens with zero attached hydrogens (tertiary/aromatic N) is 1. The summed E-state index contributed by atoms with van der Waals surface area (Å²) in [6, 6.07) is 0. The van der Waals surface area contributed by atoms with Crippen LogP contribution in [0.25, 0.3) is 0 Å². The summed E-state index contributed by atoms with van der Waals surface area (Å²) >= 11 is 0. The third-order valence-corrected chi connectivity index (χ3v) is 4.20. The summed E-state index contributed by atoms with van der Waals surface area (Å²) in [4.78, 5) is 2.55. The maximum absolute atomic E-state index is 6.36. The van der Waals surface area contributed by atoms with Crippen LogP contribution in [-0.4, -0.2) is 30.1 Å². The van der Waals surface area contributed by atoms with Crippen LogP contribution in [0.4, 0.5) is 0 Å². The molecule has 1 saturated carbocycles. The quantitative estimate of drug-likeness (QED) is 0.748. The molecule has 0 aromatic rings. The molecule has 1 heterocycles. The van der Waals surface area contributed by atoms with Crippen molar-refractivity contribution in [2.45, 2.75) is 51.5 Å². The molecular weight excluding hydrogens is 172 g/mol. The van der Waals surface area contributed by atoms with Crippen LogP contribution in [0.5, 0.6) is 0 Å². The fraction of sp³-hybridized carbons (Fsp3) is 1.00. The Morgan fingerprint density at radius 3 is 2.29 bits per heavy atom. The van der Waals surface area contributed by atoms with E-state index in [1.54, 1.807) is 0 Å². The van der Waals surface area contributed by atoms with Crippen molar-refractivity contribution in [2.24, 2.45) is 11.1 Å². The molecule has 0 aromatic heterocycles. The molecule has 0 atom stereocenters. The fourth-order valence-electron chi connectivity index (χ4n) is 3.05. The molecule has 0 radical (unpaired) electrons. The maximum Gasteiger partial charge on any atom is 0.0283 e. The van der Waals surface area contributed by atoms with E-state index >= 15 is 0 Å². The van der Waals surface area contributed by atoms with Crippen molar-refractivity contribution >= 4 is 0 Å². The molecule has 2 heteroatoms. The molecule has 1 aliphatic carbocycles. The molecule has 14 heavy (non-hydrogen) atoms. The first-order valence-electron chi connectivity index (χ1n) is 6.07. The summed E-state index contributed by atoms with van der Waals surface area (Å²) < 4.78 is 0. The van der Waals surface area contributed by atoms with Gasteiger partial charge in [0.2, 0.25) is 0 Å². The molecular formula is C12H24N2. The van der Waals surface area contributed by atoms with Gasteiger partial charge >= 0.3 is 0 Å². The average molecular weight is 196 g/mol. The van der Waals surface area contributed by atoms with E-state index in [0.29, 0.717) is 5.41 Å². The molecule has 1 saturated heterocycles. The Hall–Kier alpha value is -0.0800. The third-order valence-electron chi connectivity index (χ3n) is 4.20. The zero-order valence-corrected chi connectivity index (χ0v) is 9.68. The molecule has 0 unspecified atom stereocenters. The van der Waals surface area contributed by atoms with Gasteiger partial charge in [-0.3, -0.25) is 0 Å². The number of hydrogen-bond donors (Lipinski definition) is 1. The maximum atomic E-state index is 6.36. The number of nitrogens with two attached hydrogens (primary N) is 1. The van der Waals surface area contributed by atoms with Crippen LogP contribution in [0, 0.1) is 5.41 Å². The highest BCUT2D eigenvalue weighted by Gasteiger charge is 2.41. The molecule has 2 nitrogen and oxygen atoms in total. The van der Waals surface area contributed by atoms with Crippen LogP contribution >= 0.6 is 0 Å². The van der Waals surface area contributed by atoms with Crippen molar-refractivity contribution in [1.29, 1.82) is 0 Å². The normalized spacial score (nSPS) is 30.2. The van der Waals surface area contributed by atoms with Gasteiger partial charge in [-0.05, 0) is 24.7 Å². The van der Waals surface area contributed by atoms with Crippen molar-refractivity contribution in [3.8, 4) is 0 Å². The molecule has 0 spiro atoms. The first kappa shape index (κ1) is 10.4. The van der Waals surface area contributed by atoms with E-state index in [0.717, 1.165) is 6.54 Å². The molecule has 2 rings (SSSR count). The smallest absolute Gasteiger partial charge is 0.0283 e. The first-order chi connectivity index (χ1) is 6.55. The molecule has 0 aromatic carbocycles. The van der Waals surface area contributed by atoms with Gasteiger partial charge in [0, 0.05) is 25.2 Å². The standard InChI is InChI=1S/C12H24N2/c1-3-11(2)8-14(9-11)10-12(13)6-4-5-7-12/h3-10,13H2,1-2H3. The van der Waals surface area contributed by atoms with Gasteiger partial charge in [-0.25, -0.2) is 0 Å². The van der Waals surface area contributed by atoms with Gasteiger partial charge in [0.15, 0.2) is 0 Å². The van der Waals surface area contributed by atoms with E-state index in [1.165, 1.54) is 45.2 Å². The summed E-state index contributed by atoms with van der Waals surface area (Å²) in [6.45, 7) is 8.36. The lowest BCUT2D eigenvalue weighted by molar-refractivity contribution is -0.00265. The molecule has 2 N–H and O–H groups in total. The van der Waals surface area contributed by atoms with E-state index in [1.807, 2.05) is 0 Å². The van der Waals surface area contributed by atoms with E-state index in [9.17, 15) is 0 Å². The van der Waals surface area contributed by atoms with Gasteiger partial charge in [-0.1, -0.05) is 26.7 Å². The Morgan fingerprint density at radius 1 is 1.21 bits per heavy atom. The summed E-state index contributed by atoms with van der Waals surface area (Å²) in [7, 11) is 0. The van der Waals surface area contributed by atoms with Crippen LogP contribution in [-0.2, 0) is 0 Å². The van der Waals surface area contributed by atoms with Crippen LogP contribution in [0.15, 0.2) is 0 Å². The van der Waals surface area contributed by atoms with E-state index < -0.39 is 0 Å². The van der Waals surface area contributed by atoms with E-state index in [4.69, 9.17) is 5.73 Å². The first-order valence-corrected chi connectivity index (χ1v) is 6.07. The summed E-state index contributed by atoms with van der Waals surface area (Å²) in [5, 5.41) is 0. The van der Waals surface area contributed by atoms with E-state index in [2.05, 4.69) is 18.7 Å². The second-order valence-electron chi connectivity index (χ2n) is 5.88. The highest BCUT2D eigenvalue weighted by atomic mass is 15.2. The largest absolute Gasteiger partial charge is 0.324 e. The fourth-order valence-corrected chi connectivity index (χ4v) is 3.05. The van der Waals surface area contributed by atoms with Gasteiger partial charge in [0.1, 0.15) is 0 Å². The lowest BCUT2D eigenvalue weighted by atomic mass is 9.78. The lowest BCUT2D eigenvalue weighted by Gasteiger charge is -2.50. The molecule has 1 aliphatic heterocycles. The van der Waals surface area contributed by atoms with Crippen molar-refractivity contribution < 1.29 is 0 Å². The number of likely N-dealkylation sites (tertiary alicyclic amines) is 1. The second-order valence-corrected chi connectivity index (χ2v) is 5.88. The SMILES string of the molecule is CCC1(C)CN(CC2(N)CCCC2)C1. The molecule has 2 fully saturated rings. The minimum Gasteiger partial charge on any atom is -0.324 e. The highest BCUT2D eigenvalue weighted by molar-refractivity contribution is 4.98. The predicted molar refractivity (Wildman–Crippen MR) is 60.2 cm³/mol. The molecule has 0 bridgehead atoms. The number of rotatable bonds is 3. The zero-order valence-electron chi connectivity index (χ0n) is 9.68. The monoisotopic (exact) mass is 196 g/mol. The van der Waals surface area contributed by atoms with Gasteiger partial charge < -0.3 is 10.6 Å². The van der Waals surface area contributed by atoms with Crippen LogP contribution in [0.3, 0.4) is 0 Å². The van der Waals surface area contributed by atoms with Crippen LogP contribution < -0.4 is 5.73 Å². The average Bonchev–Trinajstić information content (AvgIpc) is 2.49. The lowest BCUT2D eigenvalue weighted by Crippen LogP contribution is -2.60. The topological polar surface area (TPSA) is 29.3 Å². The Morgan fingerprint density at radius 2 is 1.79 bits per heavy atom. The minimum atomic E-state index is 0.162. The Bertz CT molecular complexity index is 200. The van der Waals surface area contributed by atoms with Gasteiger partial charge in [-0.15, -0.1) is 0 Å². The Labute approximate surface area is 87.8 Å². The van der Waals surface area contributed by atoms with Gasteiger partial charge in [0.25, 0.3) is 0 Å². The van der Waals surface area contributed by atoms with Crippen molar-refractivity contribution in [3.63, 3.8) is 0 Å². The second kappa shape index (κ2) is 3.49. The summed E-state index contributed by atoms with van der Waals surface area (Å²) in [5.41, 5.74) is 7.11.